The number of likely N-dealkylation sites (tertiary alicyclic amines) is 1. The van der Waals surface area contributed by atoms with E-state index in [-0.39, 0.29) is 0 Å². The third-order valence-electron chi connectivity index (χ3n) is 4.75. The van der Waals surface area contributed by atoms with Crippen LogP contribution in [0.5, 0.6) is 0 Å². The molecule has 0 amide bonds. The number of anilines is 1. The molecule has 1 aliphatic heterocycles. The first kappa shape index (κ1) is 16.5. The van der Waals surface area contributed by atoms with E-state index in [1.54, 1.807) is 0 Å². The molecule has 1 aromatic heterocycles. The lowest BCUT2D eigenvalue weighted by molar-refractivity contribution is 0.312. The Kier molecular flexibility index (Phi) is 4.68. The minimum absolute atomic E-state index is 0.461. The Hall–Kier alpha value is -1.98. The summed E-state index contributed by atoms with van der Waals surface area (Å²) in [5.74, 6) is 0.461. The summed E-state index contributed by atoms with van der Waals surface area (Å²) in [4.78, 5) is 7.15. The van der Waals surface area contributed by atoms with Crippen LogP contribution in [0.2, 0.25) is 0 Å². The van der Waals surface area contributed by atoms with E-state index in [1.165, 1.54) is 21.7 Å². The van der Waals surface area contributed by atoms with Crippen LogP contribution >= 0.6 is 23.6 Å². The molecule has 3 nitrogen and oxygen atoms in total. The van der Waals surface area contributed by atoms with E-state index in [0.717, 1.165) is 35.8 Å². The Labute approximate surface area is 157 Å². The van der Waals surface area contributed by atoms with Crippen molar-refractivity contribution in [3.63, 3.8) is 0 Å². The highest BCUT2D eigenvalue weighted by Gasteiger charge is 2.25. The summed E-state index contributed by atoms with van der Waals surface area (Å²) in [5, 5.41) is 5.48. The van der Waals surface area contributed by atoms with Crippen LogP contribution in [0.1, 0.15) is 29.3 Å². The van der Waals surface area contributed by atoms with Gasteiger partial charge in [-0.2, -0.15) is 0 Å². The van der Waals surface area contributed by atoms with Crippen LogP contribution in [-0.2, 0) is 0 Å². The molecule has 1 aliphatic rings. The Morgan fingerprint density at radius 1 is 1.20 bits per heavy atom. The number of nitrogens with zero attached hydrogens (tertiary/aromatic N) is 2. The van der Waals surface area contributed by atoms with Gasteiger partial charge in [-0.15, -0.1) is 11.3 Å². The minimum atomic E-state index is 0.461. The van der Waals surface area contributed by atoms with Crippen LogP contribution in [0.15, 0.2) is 48.5 Å². The lowest BCUT2D eigenvalue weighted by Gasteiger charge is -2.34. The van der Waals surface area contributed by atoms with Crippen LogP contribution in [0, 0.1) is 6.92 Å². The molecule has 5 heteroatoms. The van der Waals surface area contributed by atoms with Crippen molar-refractivity contribution in [3.8, 4) is 0 Å². The summed E-state index contributed by atoms with van der Waals surface area (Å²) < 4.78 is 1.27. The first-order valence-electron chi connectivity index (χ1n) is 8.68. The molecule has 2 aromatic carbocycles. The maximum atomic E-state index is 5.68. The van der Waals surface area contributed by atoms with Gasteiger partial charge >= 0.3 is 0 Å². The summed E-state index contributed by atoms with van der Waals surface area (Å²) in [6.45, 7) is 4.06. The first-order chi connectivity index (χ1) is 12.2. The largest absolute Gasteiger partial charge is 0.348 e. The second kappa shape index (κ2) is 7.10. The molecule has 1 N–H and O–H groups in total. The van der Waals surface area contributed by atoms with Crippen LogP contribution < -0.4 is 5.32 Å². The predicted molar refractivity (Wildman–Crippen MR) is 111 cm³/mol. The highest BCUT2D eigenvalue weighted by molar-refractivity contribution is 7.80. The number of rotatable bonds is 2. The minimum Gasteiger partial charge on any atom is -0.348 e. The highest BCUT2D eigenvalue weighted by Crippen LogP contribution is 2.33. The number of hydrogen-bond donors (Lipinski definition) is 1. The van der Waals surface area contributed by atoms with Crippen LogP contribution in [0.3, 0.4) is 0 Å². The van der Waals surface area contributed by atoms with Crippen LogP contribution in [-0.4, -0.2) is 28.1 Å². The monoisotopic (exact) mass is 367 g/mol. The van der Waals surface area contributed by atoms with Crippen LogP contribution in [0.4, 0.5) is 5.69 Å². The van der Waals surface area contributed by atoms with E-state index in [4.69, 9.17) is 17.2 Å². The number of aromatic nitrogens is 1. The summed E-state index contributed by atoms with van der Waals surface area (Å²) in [6, 6.07) is 16.7. The third kappa shape index (κ3) is 3.53. The van der Waals surface area contributed by atoms with Crippen molar-refractivity contribution < 1.29 is 0 Å². The molecule has 1 saturated heterocycles. The first-order valence-corrected chi connectivity index (χ1v) is 9.90. The highest BCUT2D eigenvalue weighted by atomic mass is 32.1. The number of piperidine rings is 1. The zero-order valence-electron chi connectivity index (χ0n) is 14.2. The number of fused-ring (bicyclic) bond motifs is 1. The molecule has 3 aromatic rings. The molecule has 1 atom stereocenters. The summed E-state index contributed by atoms with van der Waals surface area (Å²) >= 11 is 7.50. The third-order valence-corrected chi connectivity index (χ3v) is 6.31. The van der Waals surface area contributed by atoms with Gasteiger partial charge in [0.1, 0.15) is 0 Å². The predicted octanol–water partition coefficient (Wildman–Crippen LogP) is 5.18. The number of benzene rings is 2. The average molecular weight is 368 g/mol. The van der Waals surface area contributed by atoms with E-state index in [9.17, 15) is 0 Å². The van der Waals surface area contributed by atoms with Gasteiger partial charge in [-0.1, -0.05) is 30.3 Å². The summed E-state index contributed by atoms with van der Waals surface area (Å²) in [7, 11) is 0. The van der Waals surface area contributed by atoms with Crippen molar-refractivity contribution in [2.75, 3.05) is 18.4 Å². The average Bonchev–Trinajstić information content (AvgIpc) is 3.08. The lowest BCUT2D eigenvalue weighted by atomic mass is 9.99. The van der Waals surface area contributed by atoms with Crippen molar-refractivity contribution in [1.82, 2.24) is 9.88 Å². The zero-order valence-corrected chi connectivity index (χ0v) is 15.9. The smallest absolute Gasteiger partial charge is 0.173 e. The van der Waals surface area contributed by atoms with Crippen molar-refractivity contribution in [1.29, 1.82) is 0 Å². The van der Waals surface area contributed by atoms with Gasteiger partial charge in [0.25, 0.3) is 0 Å². The van der Waals surface area contributed by atoms with Gasteiger partial charge in [0.2, 0.25) is 0 Å². The quantitative estimate of drug-likeness (QED) is 0.632. The molecule has 0 saturated carbocycles. The topological polar surface area (TPSA) is 28.2 Å². The van der Waals surface area contributed by atoms with Gasteiger partial charge in [0, 0.05) is 24.7 Å². The molecule has 0 bridgehead atoms. The van der Waals surface area contributed by atoms with Gasteiger partial charge in [-0.25, -0.2) is 4.98 Å². The van der Waals surface area contributed by atoms with Gasteiger partial charge < -0.3 is 10.2 Å². The van der Waals surface area contributed by atoms with Gasteiger partial charge in [-0.3, -0.25) is 0 Å². The van der Waals surface area contributed by atoms with Crippen LogP contribution in [0.25, 0.3) is 10.2 Å². The molecule has 4 rings (SSSR count). The van der Waals surface area contributed by atoms with E-state index in [0.29, 0.717) is 5.92 Å². The van der Waals surface area contributed by atoms with Crippen molar-refractivity contribution in [3.05, 3.63) is 59.1 Å². The molecule has 0 radical (unpaired) electrons. The van der Waals surface area contributed by atoms with Crippen molar-refractivity contribution in [2.45, 2.75) is 25.7 Å². The normalized spacial score (nSPS) is 17.6. The number of thiocarbonyl (C=S) groups is 1. The number of aryl methyl sites for hydroxylation is 1. The standard InChI is InChI=1S/C20H21N3S2/c1-14-7-2-3-9-16(14)22-20(24)23-12-6-8-15(13-23)19-21-17-10-4-5-11-18(17)25-19/h2-5,7,9-11,15H,6,8,12-13H2,1H3,(H,22,24)/t15-/m1/s1. The maximum absolute atomic E-state index is 5.68. The Balaban J connectivity index is 1.48. The fourth-order valence-electron chi connectivity index (χ4n) is 3.34. The second-order valence-electron chi connectivity index (χ2n) is 6.55. The second-order valence-corrected chi connectivity index (χ2v) is 8.00. The fourth-order valence-corrected chi connectivity index (χ4v) is 4.70. The molecule has 0 spiro atoms. The number of hydrogen-bond acceptors (Lipinski definition) is 3. The Bertz CT molecular complexity index is 870. The molecule has 0 unspecified atom stereocenters. The SMILES string of the molecule is Cc1ccccc1NC(=S)N1CCC[C@@H](c2nc3ccccc3s2)C1. The molecule has 25 heavy (non-hydrogen) atoms. The fraction of sp³-hybridized carbons (Fsp3) is 0.300. The molecule has 1 fully saturated rings. The van der Waals surface area contributed by atoms with Crippen molar-refractivity contribution in [2.24, 2.45) is 0 Å². The van der Waals surface area contributed by atoms with E-state index < -0.39 is 0 Å². The maximum Gasteiger partial charge on any atom is 0.173 e. The Morgan fingerprint density at radius 3 is 2.84 bits per heavy atom. The lowest BCUT2D eigenvalue weighted by Crippen LogP contribution is -2.41. The number of thiazole rings is 1. The molecule has 128 valence electrons. The van der Waals surface area contributed by atoms with Gasteiger partial charge in [0.15, 0.2) is 5.11 Å². The zero-order chi connectivity index (χ0) is 17.2. The molecular weight excluding hydrogens is 346 g/mol. The van der Waals surface area contributed by atoms with E-state index >= 15 is 0 Å². The molecular formula is C20H21N3S2. The van der Waals surface area contributed by atoms with Gasteiger partial charge in [-0.05, 0) is 55.7 Å². The van der Waals surface area contributed by atoms with E-state index in [1.807, 2.05) is 23.5 Å². The summed E-state index contributed by atoms with van der Waals surface area (Å²) in [6.07, 6.45) is 2.33. The number of para-hydroxylation sites is 2. The van der Waals surface area contributed by atoms with Crippen molar-refractivity contribution >= 4 is 44.6 Å². The Morgan fingerprint density at radius 2 is 2.00 bits per heavy atom. The van der Waals surface area contributed by atoms with Gasteiger partial charge in [0.05, 0.1) is 15.2 Å². The molecule has 0 aliphatic carbocycles. The summed E-state index contributed by atoms with van der Waals surface area (Å²) in [5.41, 5.74) is 3.42. The number of nitrogens with one attached hydrogen (secondary N) is 1. The molecule has 2 heterocycles. The van der Waals surface area contributed by atoms with E-state index in [2.05, 4.69) is 53.5 Å².